The third-order valence-electron chi connectivity index (χ3n) is 1.35. The lowest BCUT2D eigenvalue weighted by molar-refractivity contribution is 0.0587. The first kappa shape index (κ1) is 10.2. The fourth-order valence-corrected chi connectivity index (χ4v) is 1.26. The largest absolute Gasteiger partial charge is 0.463 e. The van der Waals surface area contributed by atoms with E-state index in [4.69, 9.17) is 0 Å². The fraction of sp³-hybridized carbons (Fsp3) is 0.286. The van der Waals surface area contributed by atoms with Gasteiger partial charge in [-0.25, -0.2) is 14.8 Å². The molecule has 0 saturated carbocycles. The highest BCUT2D eigenvalue weighted by Gasteiger charge is 2.10. The van der Waals surface area contributed by atoms with Gasteiger partial charge in [0.15, 0.2) is 0 Å². The van der Waals surface area contributed by atoms with E-state index in [1.165, 1.54) is 7.11 Å². The fourth-order valence-electron chi connectivity index (χ4n) is 0.732. The van der Waals surface area contributed by atoms with E-state index in [2.05, 4.69) is 42.6 Å². The topological polar surface area (TPSA) is 64.1 Å². The molecule has 1 rings (SSSR count). The maximum atomic E-state index is 11.0. The molecule has 0 saturated heterocycles. The first-order valence-electron chi connectivity index (χ1n) is 3.47. The van der Waals surface area contributed by atoms with E-state index < -0.39 is 5.97 Å². The molecule has 1 N–H and O–H groups in total. The summed E-state index contributed by atoms with van der Waals surface area (Å²) in [5, 5.41) is 2.85. The number of hydrogen-bond acceptors (Lipinski definition) is 5. The zero-order valence-electron chi connectivity index (χ0n) is 7.17. The molecule has 0 aromatic carbocycles. The quantitative estimate of drug-likeness (QED) is 0.648. The van der Waals surface area contributed by atoms with Crippen molar-refractivity contribution in [2.24, 2.45) is 0 Å². The summed E-state index contributed by atoms with van der Waals surface area (Å²) >= 11 is 2.07. The van der Waals surface area contributed by atoms with E-state index in [1.807, 2.05) is 0 Å². The van der Waals surface area contributed by atoms with Crippen LogP contribution in [-0.4, -0.2) is 30.1 Å². The highest BCUT2D eigenvalue weighted by molar-refractivity contribution is 14.1. The number of ether oxygens (including phenoxy) is 1. The highest BCUT2D eigenvalue weighted by Crippen LogP contribution is 2.13. The molecule has 0 bridgehead atoms. The number of carbonyl (C=O) groups excluding carboxylic acids is 1. The van der Waals surface area contributed by atoms with Crippen molar-refractivity contribution in [2.75, 3.05) is 19.5 Å². The molecule has 0 unspecified atom stereocenters. The van der Waals surface area contributed by atoms with Crippen LogP contribution in [-0.2, 0) is 4.74 Å². The van der Waals surface area contributed by atoms with Crippen molar-refractivity contribution in [3.8, 4) is 0 Å². The second-order valence-corrected chi connectivity index (χ2v) is 3.29. The van der Waals surface area contributed by atoms with Gasteiger partial charge in [-0.1, -0.05) is 0 Å². The number of nitrogens with zero attached hydrogens (tertiary/aromatic N) is 2. The maximum Gasteiger partial charge on any atom is 0.376 e. The molecular formula is C7H8IN3O2. The summed E-state index contributed by atoms with van der Waals surface area (Å²) in [7, 11) is 3.02. The Hall–Kier alpha value is -0.920. The number of methoxy groups -OCH3 is 1. The van der Waals surface area contributed by atoms with Gasteiger partial charge in [0, 0.05) is 13.2 Å². The lowest BCUT2D eigenvalue weighted by atomic mass is 10.5. The molecule has 0 fully saturated rings. The summed E-state index contributed by atoms with van der Waals surface area (Å²) in [6.07, 6.45) is 1.56. The van der Waals surface area contributed by atoms with Gasteiger partial charge in [-0.15, -0.1) is 0 Å². The average Bonchev–Trinajstić information content (AvgIpc) is 2.17. The van der Waals surface area contributed by atoms with Gasteiger partial charge in [-0.05, 0) is 22.6 Å². The predicted octanol–water partition coefficient (Wildman–Crippen LogP) is 0.909. The third kappa shape index (κ3) is 2.27. The molecule has 1 aromatic rings. The average molecular weight is 293 g/mol. The first-order valence-corrected chi connectivity index (χ1v) is 4.55. The summed E-state index contributed by atoms with van der Waals surface area (Å²) in [6.45, 7) is 0. The van der Waals surface area contributed by atoms with Crippen LogP contribution in [0, 0.1) is 3.57 Å². The summed E-state index contributed by atoms with van der Waals surface area (Å²) in [4.78, 5) is 18.8. The smallest absolute Gasteiger partial charge is 0.376 e. The Bertz CT molecular complexity index is 330. The van der Waals surface area contributed by atoms with Crippen molar-refractivity contribution in [3.63, 3.8) is 0 Å². The number of hydrogen-bond donors (Lipinski definition) is 1. The van der Waals surface area contributed by atoms with Crippen molar-refractivity contribution in [2.45, 2.75) is 0 Å². The SMILES string of the molecule is CNc1nc(C(=O)OC)ncc1I. The first-order chi connectivity index (χ1) is 6.19. The number of nitrogens with one attached hydrogen (secondary N) is 1. The molecule has 13 heavy (non-hydrogen) atoms. The van der Waals surface area contributed by atoms with Crippen LogP contribution in [0.2, 0.25) is 0 Å². The Morgan fingerprint density at radius 3 is 2.92 bits per heavy atom. The molecule has 0 amide bonds. The molecule has 0 aliphatic carbocycles. The minimum Gasteiger partial charge on any atom is -0.463 e. The molecule has 0 aliphatic rings. The van der Waals surface area contributed by atoms with Crippen LogP contribution in [0.4, 0.5) is 5.82 Å². The Labute approximate surface area is 89.1 Å². The molecular weight excluding hydrogens is 285 g/mol. The molecule has 6 heteroatoms. The Kier molecular flexibility index (Phi) is 3.40. The van der Waals surface area contributed by atoms with Crippen molar-refractivity contribution < 1.29 is 9.53 Å². The van der Waals surface area contributed by atoms with Gasteiger partial charge in [0.1, 0.15) is 5.82 Å². The van der Waals surface area contributed by atoms with E-state index in [-0.39, 0.29) is 5.82 Å². The van der Waals surface area contributed by atoms with Gasteiger partial charge in [0.25, 0.3) is 0 Å². The van der Waals surface area contributed by atoms with Gasteiger partial charge in [0.2, 0.25) is 5.82 Å². The highest BCUT2D eigenvalue weighted by atomic mass is 127. The third-order valence-corrected chi connectivity index (χ3v) is 2.14. The zero-order chi connectivity index (χ0) is 9.84. The molecule has 0 atom stereocenters. The van der Waals surface area contributed by atoms with Crippen LogP contribution in [0.25, 0.3) is 0 Å². The number of rotatable bonds is 2. The van der Waals surface area contributed by atoms with Crippen LogP contribution in [0.15, 0.2) is 6.20 Å². The van der Waals surface area contributed by atoms with Crippen molar-refractivity contribution in [1.29, 1.82) is 0 Å². The number of esters is 1. The summed E-state index contributed by atoms with van der Waals surface area (Å²) in [6, 6.07) is 0. The number of carbonyl (C=O) groups is 1. The normalized spacial score (nSPS) is 9.46. The van der Waals surface area contributed by atoms with Crippen LogP contribution in [0.1, 0.15) is 10.6 Å². The lowest BCUT2D eigenvalue weighted by Crippen LogP contribution is -2.09. The van der Waals surface area contributed by atoms with E-state index in [1.54, 1.807) is 13.2 Å². The van der Waals surface area contributed by atoms with Gasteiger partial charge in [-0.3, -0.25) is 0 Å². The molecule has 0 spiro atoms. The van der Waals surface area contributed by atoms with Crippen LogP contribution >= 0.6 is 22.6 Å². The standard InChI is InChI=1S/C7H8IN3O2/c1-9-5-4(8)3-10-6(11-5)7(12)13-2/h3H,1-2H3,(H,9,10,11). The van der Waals surface area contributed by atoms with Crippen LogP contribution < -0.4 is 5.32 Å². The van der Waals surface area contributed by atoms with Crippen molar-refractivity contribution in [3.05, 3.63) is 15.6 Å². The number of halogens is 1. The van der Waals surface area contributed by atoms with Crippen LogP contribution in [0.5, 0.6) is 0 Å². The van der Waals surface area contributed by atoms with Crippen molar-refractivity contribution >= 4 is 34.4 Å². The minimum atomic E-state index is -0.534. The van der Waals surface area contributed by atoms with Crippen LogP contribution in [0.3, 0.4) is 0 Å². The van der Waals surface area contributed by atoms with Gasteiger partial charge < -0.3 is 10.1 Å². The second-order valence-electron chi connectivity index (χ2n) is 2.13. The zero-order valence-corrected chi connectivity index (χ0v) is 9.32. The van der Waals surface area contributed by atoms with E-state index >= 15 is 0 Å². The Morgan fingerprint density at radius 2 is 2.38 bits per heavy atom. The Balaban J connectivity index is 3.06. The molecule has 70 valence electrons. The molecule has 5 nitrogen and oxygen atoms in total. The summed E-state index contributed by atoms with van der Waals surface area (Å²) in [5.74, 6) is 0.149. The Morgan fingerprint density at radius 1 is 1.69 bits per heavy atom. The van der Waals surface area contributed by atoms with Gasteiger partial charge in [0.05, 0.1) is 10.7 Å². The molecule has 0 radical (unpaired) electrons. The number of aromatic nitrogens is 2. The van der Waals surface area contributed by atoms with E-state index in [9.17, 15) is 4.79 Å². The lowest BCUT2D eigenvalue weighted by Gasteiger charge is -2.03. The molecule has 1 heterocycles. The van der Waals surface area contributed by atoms with Gasteiger partial charge >= 0.3 is 5.97 Å². The second kappa shape index (κ2) is 4.35. The molecule has 0 aliphatic heterocycles. The van der Waals surface area contributed by atoms with Gasteiger partial charge in [-0.2, -0.15) is 0 Å². The van der Waals surface area contributed by atoms with E-state index in [0.717, 1.165) is 3.57 Å². The monoisotopic (exact) mass is 293 g/mol. The van der Waals surface area contributed by atoms with E-state index in [0.29, 0.717) is 5.82 Å². The minimum absolute atomic E-state index is 0.0623. The summed E-state index contributed by atoms with van der Waals surface area (Å²) < 4.78 is 5.34. The van der Waals surface area contributed by atoms with Crippen molar-refractivity contribution in [1.82, 2.24) is 9.97 Å². The maximum absolute atomic E-state index is 11.0. The number of anilines is 1. The predicted molar refractivity (Wildman–Crippen MR) is 55.6 cm³/mol. The summed E-state index contributed by atoms with van der Waals surface area (Å²) in [5.41, 5.74) is 0. The molecule has 1 aromatic heterocycles.